The summed E-state index contributed by atoms with van der Waals surface area (Å²) in [5, 5.41) is 9.52. The maximum absolute atomic E-state index is 12.2. The van der Waals surface area contributed by atoms with Crippen LogP contribution in [0.3, 0.4) is 0 Å². The van der Waals surface area contributed by atoms with E-state index in [2.05, 4.69) is 0 Å². The standard InChI is InChI=1S/C16H18O5/c1-10-2-3-13-11(6-10)7-12(21-13)8-16(15(18)19)9-20-5-4-14(16)17/h2-3,6,12H,4-5,7-9H2,1H3,(H,18,19). The molecule has 1 fully saturated rings. The summed E-state index contributed by atoms with van der Waals surface area (Å²) in [6, 6.07) is 5.91. The zero-order chi connectivity index (χ0) is 15.0. The minimum atomic E-state index is -1.46. The number of ketones is 1. The van der Waals surface area contributed by atoms with Gasteiger partial charge in [-0.05, 0) is 18.6 Å². The van der Waals surface area contributed by atoms with E-state index in [0.717, 1.165) is 16.9 Å². The lowest BCUT2D eigenvalue weighted by molar-refractivity contribution is -0.166. The zero-order valence-corrected chi connectivity index (χ0v) is 11.9. The third-order valence-corrected chi connectivity index (χ3v) is 4.30. The van der Waals surface area contributed by atoms with Gasteiger partial charge in [0, 0.05) is 19.3 Å². The topological polar surface area (TPSA) is 72.8 Å². The van der Waals surface area contributed by atoms with Gasteiger partial charge in [0.15, 0.2) is 11.2 Å². The summed E-state index contributed by atoms with van der Waals surface area (Å²) in [5.41, 5.74) is 0.757. The molecule has 2 heterocycles. The van der Waals surface area contributed by atoms with E-state index in [0.29, 0.717) is 13.0 Å². The highest BCUT2D eigenvalue weighted by atomic mass is 16.5. The fourth-order valence-electron chi connectivity index (χ4n) is 3.12. The van der Waals surface area contributed by atoms with Crippen molar-refractivity contribution in [3.05, 3.63) is 29.3 Å². The van der Waals surface area contributed by atoms with Crippen LogP contribution in [0, 0.1) is 12.3 Å². The van der Waals surface area contributed by atoms with Crippen molar-refractivity contribution in [1.29, 1.82) is 0 Å². The minimum absolute atomic E-state index is 0.0591. The van der Waals surface area contributed by atoms with Crippen molar-refractivity contribution in [1.82, 2.24) is 0 Å². The normalized spacial score (nSPS) is 28.0. The summed E-state index contributed by atoms with van der Waals surface area (Å²) >= 11 is 0. The van der Waals surface area contributed by atoms with Crippen LogP contribution in [-0.2, 0) is 20.7 Å². The molecule has 112 valence electrons. The maximum atomic E-state index is 12.2. The number of ether oxygens (including phenoxy) is 2. The van der Waals surface area contributed by atoms with Crippen molar-refractivity contribution < 1.29 is 24.2 Å². The number of rotatable bonds is 3. The van der Waals surface area contributed by atoms with Gasteiger partial charge < -0.3 is 14.6 Å². The van der Waals surface area contributed by atoms with Crippen molar-refractivity contribution in [2.45, 2.75) is 32.3 Å². The summed E-state index contributed by atoms with van der Waals surface area (Å²) in [6.45, 7) is 2.25. The van der Waals surface area contributed by atoms with Crippen LogP contribution in [0.15, 0.2) is 18.2 Å². The van der Waals surface area contributed by atoms with E-state index in [1.165, 1.54) is 0 Å². The molecule has 3 rings (SSSR count). The monoisotopic (exact) mass is 290 g/mol. The second-order valence-electron chi connectivity index (χ2n) is 5.87. The molecule has 5 nitrogen and oxygen atoms in total. The van der Waals surface area contributed by atoms with Gasteiger partial charge in [0.05, 0.1) is 13.2 Å². The van der Waals surface area contributed by atoms with Gasteiger partial charge in [-0.15, -0.1) is 0 Å². The molecule has 0 spiro atoms. The summed E-state index contributed by atoms with van der Waals surface area (Å²) < 4.78 is 11.1. The molecule has 5 heteroatoms. The summed E-state index contributed by atoms with van der Waals surface area (Å²) in [4.78, 5) is 23.8. The number of hydrogen-bond donors (Lipinski definition) is 1. The van der Waals surface area contributed by atoms with E-state index in [9.17, 15) is 14.7 Å². The fourth-order valence-corrected chi connectivity index (χ4v) is 3.12. The third kappa shape index (κ3) is 2.42. The van der Waals surface area contributed by atoms with E-state index in [-0.39, 0.29) is 31.3 Å². The van der Waals surface area contributed by atoms with Gasteiger partial charge in [-0.3, -0.25) is 9.59 Å². The predicted octanol–water partition coefficient (Wildman–Crippen LogP) is 1.75. The molecule has 1 saturated heterocycles. The molecule has 2 unspecified atom stereocenters. The predicted molar refractivity (Wildman–Crippen MR) is 74.4 cm³/mol. The first-order valence-electron chi connectivity index (χ1n) is 7.12. The number of Topliss-reactive ketones (excluding diaryl/α,β-unsaturated/α-hetero) is 1. The first kappa shape index (κ1) is 14.1. The number of carboxylic acid groups (broad SMARTS) is 1. The summed E-state index contributed by atoms with van der Waals surface area (Å²) in [5.74, 6) is -0.574. The molecule has 2 aliphatic rings. The lowest BCUT2D eigenvalue weighted by Gasteiger charge is -2.33. The third-order valence-electron chi connectivity index (χ3n) is 4.30. The smallest absolute Gasteiger partial charge is 0.319 e. The number of aryl methyl sites for hydroxylation is 1. The molecule has 2 atom stereocenters. The molecule has 0 aliphatic carbocycles. The Labute approximate surface area is 122 Å². The first-order chi connectivity index (χ1) is 10.0. The molecule has 2 aliphatic heterocycles. The Morgan fingerprint density at radius 2 is 2.29 bits per heavy atom. The quantitative estimate of drug-likeness (QED) is 0.859. The summed E-state index contributed by atoms with van der Waals surface area (Å²) in [7, 11) is 0. The van der Waals surface area contributed by atoms with Gasteiger partial charge >= 0.3 is 5.97 Å². The van der Waals surface area contributed by atoms with E-state index in [1.54, 1.807) is 0 Å². The lowest BCUT2D eigenvalue weighted by Crippen LogP contribution is -2.49. The van der Waals surface area contributed by atoms with Gasteiger partial charge in [-0.1, -0.05) is 17.7 Å². The number of hydrogen-bond acceptors (Lipinski definition) is 4. The fraction of sp³-hybridized carbons (Fsp3) is 0.500. The largest absolute Gasteiger partial charge is 0.490 e. The molecule has 0 amide bonds. The van der Waals surface area contributed by atoms with Crippen molar-refractivity contribution in [2.24, 2.45) is 5.41 Å². The molecule has 0 bridgehead atoms. The highest BCUT2D eigenvalue weighted by Gasteiger charge is 2.50. The van der Waals surface area contributed by atoms with Crippen molar-refractivity contribution >= 4 is 11.8 Å². The molecule has 1 aromatic rings. The number of carbonyl (C=O) groups is 2. The highest BCUT2D eigenvalue weighted by molar-refractivity contribution is 6.03. The summed E-state index contributed by atoms with van der Waals surface area (Å²) in [6.07, 6.45) is 0.669. The van der Waals surface area contributed by atoms with Crippen LogP contribution in [0.2, 0.25) is 0 Å². The molecule has 0 radical (unpaired) electrons. The molecular formula is C16H18O5. The zero-order valence-electron chi connectivity index (χ0n) is 11.9. The van der Waals surface area contributed by atoms with Crippen LogP contribution in [0.1, 0.15) is 24.0 Å². The van der Waals surface area contributed by atoms with E-state index in [1.807, 2.05) is 25.1 Å². The molecule has 21 heavy (non-hydrogen) atoms. The van der Waals surface area contributed by atoms with Gasteiger partial charge in [0.1, 0.15) is 11.9 Å². The Hall–Kier alpha value is -1.88. The van der Waals surface area contributed by atoms with E-state index in [4.69, 9.17) is 9.47 Å². The number of benzene rings is 1. The Balaban J connectivity index is 1.80. The molecular weight excluding hydrogens is 272 g/mol. The number of carboxylic acids is 1. The molecule has 0 saturated carbocycles. The van der Waals surface area contributed by atoms with Gasteiger partial charge in [-0.25, -0.2) is 0 Å². The average molecular weight is 290 g/mol. The van der Waals surface area contributed by atoms with Crippen LogP contribution in [0.25, 0.3) is 0 Å². The lowest BCUT2D eigenvalue weighted by atomic mass is 9.76. The second-order valence-corrected chi connectivity index (χ2v) is 5.87. The Bertz CT molecular complexity index is 594. The Morgan fingerprint density at radius 3 is 3.00 bits per heavy atom. The number of carbonyl (C=O) groups excluding carboxylic acids is 1. The van der Waals surface area contributed by atoms with Crippen molar-refractivity contribution in [3.63, 3.8) is 0 Å². The Kier molecular flexibility index (Phi) is 3.45. The SMILES string of the molecule is Cc1ccc2c(c1)CC(CC1(C(=O)O)COCCC1=O)O2. The van der Waals surface area contributed by atoms with Crippen molar-refractivity contribution in [3.8, 4) is 5.75 Å². The molecule has 1 N–H and O–H groups in total. The van der Waals surface area contributed by atoms with Crippen LogP contribution in [0.5, 0.6) is 5.75 Å². The van der Waals surface area contributed by atoms with Crippen LogP contribution in [-0.4, -0.2) is 36.2 Å². The second kappa shape index (κ2) is 5.15. The van der Waals surface area contributed by atoms with E-state index >= 15 is 0 Å². The van der Waals surface area contributed by atoms with Crippen LogP contribution >= 0.6 is 0 Å². The van der Waals surface area contributed by atoms with Crippen LogP contribution in [0.4, 0.5) is 0 Å². The average Bonchev–Trinajstić information content (AvgIpc) is 2.82. The van der Waals surface area contributed by atoms with Crippen LogP contribution < -0.4 is 4.74 Å². The number of aliphatic carboxylic acids is 1. The van der Waals surface area contributed by atoms with Crippen molar-refractivity contribution in [2.75, 3.05) is 13.2 Å². The Morgan fingerprint density at radius 1 is 1.48 bits per heavy atom. The minimum Gasteiger partial charge on any atom is -0.490 e. The van der Waals surface area contributed by atoms with Gasteiger partial charge in [-0.2, -0.15) is 0 Å². The molecule has 1 aromatic carbocycles. The molecule has 0 aromatic heterocycles. The first-order valence-corrected chi connectivity index (χ1v) is 7.12. The van der Waals surface area contributed by atoms with Gasteiger partial charge in [0.25, 0.3) is 0 Å². The van der Waals surface area contributed by atoms with E-state index < -0.39 is 11.4 Å². The maximum Gasteiger partial charge on any atom is 0.319 e. The number of fused-ring (bicyclic) bond motifs is 1. The highest BCUT2D eigenvalue weighted by Crippen LogP contribution is 2.37. The van der Waals surface area contributed by atoms with Gasteiger partial charge in [0.2, 0.25) is 0 Å².